The van der Waals surface area contributed by atoms with Crippen molar-refractivity contribution in [3.8, 4) is 23.0 Å². The van der Waals surface area contributed by atoms with Gasteiger partial charge in [0.1, 0.15) is 28.6 Å². The third-order valence-electron chi connectivity index (χ3n) is 4.59. The molecule has 0 fully saturated rings. The zero-order valence-electron chi connectivity index (χ0n) is 16.3. The molecule has 1 aliphatic heterocycles. The van der Waals surface area contributed by atoms with Crippen LogP contribution in [0, 0.1) is 0 Å². The summed E-state index contributed by atoms with van der Waals surface area (Å²) in [6, 6.07) is 10.5. The highest BCUT2D eigenvalue weighted by atomic mass is 16.5. The van der Waals surface area contributed by atoms with Crippen LogP contribution in [-0.2, 0) is 0 Å². The van der Waals surface area contributed by atoms with Gasteiger partial charge in [0.05, 0.1) is 27.4 Å². The molecule has 27 heavy (non-hydrogen) atoms. The molecule has 1 heterocycles. The summed E-state index contributed by atoms with van der Waals surface area (Å²) in [5.74, 6) is 2.39. The molecule has 0 aliphatic carbocycles. The number of nitrogens with one attached hydrogen (secondary N) is 1. The third-order valence-corrected chi connectivity index (χ3v) is 4.59. The second kappa shape index (κ2) is 7.39. The molecular weight excluding hydrogens is 346 g/mol. The van der Waals surface area contributed by atoms with E-state index in [0.29, 0.717) is 23.5 Å². The lowest BCUT2D eigenvalue weighted by Crippen LogP contribution is -2.41. The summed E-state index contributed by atoms with van der Waals surface area (Å²) in [7, 11) is 4.73. The first kappa shape index (κ1) is 18.9. The molecule has 1 N–H and O–H groups in total. The molecule has 2 aromatic carbocycles. The Balaban J connectivity index is 1.92. The van der Waals surface area contributed by atoms with Crippen LogP contribution in [0.3, 0.4) is 0 Å². The van der Waals surface area contributed by atoms with Crippen LogP contribution in [0.2, 0.25) is 0 Å². The van der Waals surface area contributed by atoms with E-state index < -0.39 is 5.60 Å². The molecular formula is C21H25NO5. The molecule has 6 nitrogen and oxygen atoms in total. The number of benzene rings is 2. The monoisotopic (exact) mass is 371 g/mol. The lowest BCUT2D eigenvalue weighted by molar-refractivity contribution is 0.0617. The fraction of sp³-hybridized carbons (Fsp3) is 0.381. The van der Waals surface area contributed by atoms with Crippen molar-refractivity contribution in [2.45, 2.75) is 31.9 Å². The van der Waals surface area contributed by atoms with E-state index >= 15 is 0 Å². The summed E-state index contributed by atoms with van der Waals surface area (Å²) in [6.45, 7) is 4.02. The normalized spacial score (nSPS) is 17.3. The fourth-order valence-corrected chi connectivity index (χ4v) is 3.27. The molecule has 0 aromatic heterocycles. The number of carbonyl (C=O) groups excluding carboxylic acids is 1. The first-order valence-corrected chi connectivity index (χ1v) is 8.76. The smallest absolute Gasteiger partial charge is 0.252 e. The highest BCUT2D eigenvalue weighted by Gasteiger charge is 2.35. The Morgan fingerprint density at radius 3 is 2.22 bits per heavy atom. The van der Waals surface area contributed by atoms with Crippen LogP contribution >= 0.6 is 0 Å². The van der Waals surface area contributed by atoms with Crippen LogP contribution in [0.15, 0.2) is 36.4 Å². The number of hydrogen-bond acceptors (Lipinski definition) is 5. The van der Waals surface area contributed by atoms with Crippen LogP contribution in [0.1, 0.15) is 42.2 Å². The van der Waals surface area contributed by atoms with Gasteiger partial charge in [-0.2, -0.15) is 0 Å². The van der Waals surface area contributed by atoms with Crippen molar-refractivity contribution in [2.24, 2.45) is 0 Å². The molecule has 1 amide bonds. The Kier molecular flexibility index (Phi) is 5.17. The summed E-state index contributed by atoms with van der Waals surface area (Å²) in [5.41, 5.74) is 0.975. The van der Waals surface area contributed by atoms with Crippen molar-refractivity contribution in [3.05, 3.63) is 47.5 Å². The number of hydrogen-bond donors (Lipinski definition) is 1. The van der Waals surface area contributed by atoms with Crippen molar-refractivity contribution >= 4 is 5.91 Å². The Bertz CT molecular complexity index is 824. The van der Waals surface area contributed by atoms with Crippen LogP contribution < -0.4 is 24.3 Å². The van der Waals surface area contributed by atoms with Gasteiger partial charge in [-0.1, -0.05) is 0 Å². The number of methoxy groups -OCH3 is 3. The molecule has 0 radical (unpaired) electrons. The van der Waals surface area contributed by atoms with Gasteiger partial charge >= 0.3 is 0 Å². The fourth-order valence-electron chi connectivity index (χ4n) is 3.27. The van der Waals surface area contributed by atoms with Gasteiger partial charge in [-0.15, -0.1) is 0 Å². The van der Waals surface area contributed by atoms with Gasteiger partial charge in [0, 0.05) is 23.6 Å². The zero-order chi connectivity index (χ0) is 19.6. The Labute approximate surface area is 159 Å². The summed E-state index contributed by atoms with van der Waals surface area (Å²) in [6.07, 6.45) is 0.639. The molecule has 1 atom stereocenters. The minimum Gasteiger partial charge on any atom is -0.497 e. The number of fused-ring (bicyclic) bond motifs is 1. The molecule has 0 saturated heterocycles. The number of carbonyl (C=O) groups is 1. The second-order valence-electron chi connectivity index (χ2n) is 7.10. The predicted octanol–water partition coefficient (Wildman–Crippen LogP) is 3.74. The first-order chi connectivity index (χ1) is 12.8. The largest absolute Gasteiger partial charge is 0.497 e. The Morgan fingerprint density at radius 1 is 1.00 bits per heavy atom. The molecule has 144 valence electrons. The molecule has 0 spiro atoms. The van der Waals surface area contributed by atoms with Crippen LogP contribution in [0.5, 0.6) is 23.0 Å². The van der Waals surface area contributed by atoms with Crippen LogP contribution in [0.4, 0.5) is 0 Å². The van der Waals surface area contributed by atoms with Crippen molar-refractivity contribution in [1.29, 1.82) is 0 Å². The van der Waals surface area contributed by atoms with Crippen LogP contribution in [0.25, 0.3) is 0 Å². The molecule has 6 heteroatoms. The van der Waals surface area contributed by atoms with E-state index in [1.807, 2.05) is 32.0 Å². The SMILES string of the molecule is COc1cc(OC)cc(C(=O)N[C@H]2CC(C)(C)Oc3ccc(OC)cc32)c1. The van der Waals surface area contributed by atoms with Gasteiger partial charge in [0.2, 0.25) is 0 Å². The summed E-state index contributed by atoms with van der Waals surface area (Å²) < 4.78 is 21.9. The van der Waals surface area contributed by atoms with Crippen LogP contribution in [-0.4, -0.2) is 32.8 Å². The van der Waals surface area contributed by atoms with Gasteiger partial charge in [-0.25, -0.2) is 0 Å². The van der Waals surface area contributed by atoms with Gasteiger partial charge in [-0.05, 0) is 44.2 Å². The Hall–Kier alpha value is -2.89. The quantitative estimate of drug-likeness (QED) is 0.867. The predicted molar refractivity (Wildman–Crippen MR) is 102 cm³/mol. The third kappa shape index (κ3) is 4.10. The van der Waals surface area contributed by atoms with E-state index in [4.69, 9.17) is 18.9 Å². The van der Waals surface area contributed by atoms with E-state index in [-0.39, 0.29) is 11.9 Å². The lowest BCUT2D eigenvalue weighted by atomic mass is 9.89. The maximum atomic E-state index is 12.9. The minimum atomic E-state index is -0.397. The second-order valence-corrected chi connectivity index (χ2v) is 7.10. The molecule has 0 bridgehead atoms. The highest BCUT2D eigenvalue weighted by Crippen LogP contribution is 2.41. The average Bonchev–Trinajstić information content (AvgIpc) is 2.66. The number of rotatable bonds is 5. The maximum absolute atomic E-state index is 12.9. The highest BCUT2D eigenvalue weighted by molar-refractivity contribution is 5.95. The topological polar surface area (TPSA) is 66.0 Å². The van der Waals surface area contributed by atoms with E-state index in [1.165, 1.54) is 0 Å². The molecule has 1 aliphatic rings. The van der Waals surface area contributed by atoms with Gasteiger partial charge in [0.15, 0.2) is 0 Å². The van der Waals surface area contributed by atoms with Crippen molar-refractivity contribution < 1.29 is 23.7 Å². The standard InChI is InChI=1S/C21H25NO5/c1-21(2)12-18(17-11-14(24-3)6-7-19(17)27-21)22-20(23)13-8-15(25-4)10-16(9-13)26-5/h6-11,18H,12H2,1-5H3,(H,22,23)/t18-/m0/s1. The molecule has 3 rings (SSSR count). The number of ether oxygens (including phenoxy) is 4. The molecule has 0 unspecified atom stereocenters. The lowest BCUT2D eigenvalue weighted by Gasteiger charge is -2.38. The van der Waals surface area contributed by atoms with Crippen molar-refractivity contribution in [3.63, 3.8) is 0 Å². The van der Waals surface area contributed by atoms with Crippen molar-refractivity contribution in [2.75, 3.05) is 21.3 Å². The van der Waals surface area contributed by atoms with E-state index in [2.05, 4.69) is 5.32 Å². The average molecular weight is 371 g/mol. The zero-order valence-corrected chi connectivity index (χ0v) is 16.3. The molecule has 0 saturated carbocycles. The minimum absolute atomic E-state index is 0.205. The summed E-state index contributed by atoms with van der Waals surface area (Å²) >= 11 is 0. The summed E-state index contributed by atoms with van der Waals surface area (Å²) in [5, 5.41) is 3.12. The van der Waals surface area contributed by atoms with E-state index in [1.54, 1.807) is 39.5 Å². The van der Waals surface area contributed by atoms with E-state index in [0.717, 1.165) is 17.1 Å². The van der Waals surface area contributed by atoms with E-state index in [9.17, 15) is 4.79 Å². The van der Waals surface area contributed by atoms with Crippen molar-refractivity contribution in [1.82, 2.24) is 5.32 Å². The summed E-state index contributed by atoms with van der Waals surface area (Å²) in [4.78, 5) is 12.9. The van der Waals surface area contributed by atoms with Gasteiger partial charge in [-0.3, -0.25) is 4.79 Å². The Morgan fingerprint density at radius 2 is 1.63 bits per heavy atom. The maximum Gasteiger partial charge on any atom is 0.252 e. The molecule has 2 aromatic rings. The van der Waals surface area contributed by atoms with Gasteiger partial charge in [0.25, 0.3) is 5.91 Å². The number of amides is 1. The van der Waals surface area contributed by atoms with Gasteiger partial charge < -0.3 is 24.3 Å². The first-order valence-electron chi connectivity index (χ1n) is 8.76.